The second-order valence-corrected chi connectivity index (χ2v) is 10.7. The number of nitrogen functional groups attached to an aromatic ring is 1. The lowest BCUT2D eigenvalue weighted by molar-refractivity contribution is -0.000461. The predicted octanol–water partition coefficient (Wildman–Crippen LogP) is 2.82. The van der Waals surface area contributed by atoms with Crippen molar-refractivity contribution in [2.24, 2.45) is 0 Å². The molecule has 1 unspecified atom stereocenters. The number of aromatic nitrogens is 3. The highest BCUT2D eigenvalue weighted by Gasteiger charge is 2.45. The van der Waals surface area contributed by atoms with Crippen LogP contribution in [0.15, 0.2) is 41.7 Å². The normalized spacial score (nSPS) is 19.4. The van der Waals surface area contributed by atoms with Crippen LogP contribution in [0.25, 0.3) is 10.9 Å². The zero-order valence-corrected chi connectivity index (χ0v) is 20.8. The van der Waals surface area contributed by atoms with Crippen molar-refractivity contribution >= 4 is 32.6 Å². The van der Waals surface area contributed by atoms with Crippen molar-refractivity contribution in [3.63, 3.8) is 0 Å². The monoisotopic (exact) mass is 538 g/mol. The Bertz CT molecular complexity index is 1530. The topological polar surface area (TPSA) is 143 Å². The second kappa shape index (κ2) is 9.76. The fraction of sp³-hybridized carbons (Fsp3) is 0.348. The third kappa shape index (κ3) is 4.79. The average Bonchev–Trinajstić information content (AvgIpc) is 3.30. The number of sulfonamides is 1. The number of pyridine rings is 1. The van der Waals surface area contributed by atoms with E-state index in [-0.39, 0.29) is 47.6 Å². The summed E-state index contributed by atoms with van der Waals surface area (Å²) in [4.78, 5) is 16.7. The van der Waals surface area contributed by atoms with Crippen LogP contribution in [0.4, 0.5) is 24.8 Å². The largest absolute Gasteiger partial charge is 0.383 e. The van der Waals surface area contributed by atoms with Gasteiger partial charge in [-0.05, 0) is 12.5 Å². The summed E-state index contributed by atoms with van der Waals surface area (Å²) in [5.41, 5.74) is 3.77. The van der Waals surface area contributed by atoms with Crippen molar-refractivity contribution in [1.29, 1.82) is 0 Å². The fourth-order valence-electron chi connectivity index (χ4n) is 4.49. The van der Waals surface area contributed by atoms with Crippen molar-refractivity contribution < 1.29 is 26.3 Å². The maximum atomic E-state index is 14.8. The summed E-state index contributed by atoms with van der Waals surface area (Å²) in [7, 11) is -2.10. The number of halogens is 3. The first kappa shape index (κ1) is 26.6. The predicted molar refractivity (Wildman–Crippen MR) is 132 cm³/mol. The highest BCUT2D eigenvalue weighted by Crippen LogP contribution is 2.40. The molecule has 2 atom stereocenters. The van der Waals surface area contributed by atoms with E-state index in [1.165, 1.54) is 35.7 Å². The molecule has 3 heterocycles. The molecule has 1 fully saturated rings. The Morgan fingerprint density at radius 3 is 2.65 bits per heavy atom. The molecule has 37 heavy (non-hydrogen) atoms. The minimum Gasteiger partial charge on any atom is -0.383 e. The molecule has 4 N–H and O–H groups in total. The van der Waals surface area contributed by atoms with Crippen LogP contribution in [0.3, 0.4) is 0 Å². The maximum Gasteiger partial charge on any atom is 0.290 e. The molecule has 0 radical (unpaired) electrons. The maximum absolute atomic E-state index is 14.8. The van der Waals surface area contributed by atoms with Crippen LogP contribution in [0.5, 0.6) is 0 Å². The van der Waals surface area contributed by atoms with E-state index in [1.54, 1.807) is 0 Å². The molecule has 0 bridgehead atoms. The van der Waals surface area contributed by atoms with Gasteiger partial charge in [-0.1, -0.05) is 24.3 Å². The number of nitrogens with one attached hydrogen (secondary N) is 2. The third-order valence-electron chi connectivity index (χ3n) is 6.50. The summed E-state index contributed by atoms with van der Waals surface area (Å²) in [5.74, 6) is -1.10. The number of aromatic amines is 1. The quantitative estimate of drug-likeness (QED) is 0.372. The highest BCUT2D eigenvalue weighted by atomic mass is 32.2. The second-order valence-electron chi connectivity index (χ2n) is 8.67. The molecule has 1 aliphatic rings. The van der Waals surface area contributed by atoms with Gasteiger partial charge in [0.05, 0.1) is 23.2 Å². The molecule has 1 aromatic carbocycles. The number of H-pyrrole nitrogens is 1. The van der Waals surface area contributed by atoms with Gasteiger partial charge in [-0.3, -0.25) is 4.79 Å². The van der Waals surface area contributed by atoms with Gasteiger partial charge in [0.25, 0.3) is 12.0 Å². The van der Waals surface area contributed by atoms with Gasteiger partial charge in [0.15, 0.2) is 5.82 Å². The first-order valence-electron chi connectivity index (χ1n) is 11.1. The number of hydrogen-bond donors (Lipinski definition) is 3. The standard InChI is InChI=1S/C23H25F3N6O4S/c1-4-16(12-6-5-7-13(17(12)24)19(25)26)28-21-14-10-15(20(27)29-18(14)22(33)31-30-21)23(36-2)8-9-32(11-23)37(3,34)35/h4-7,10,16,19H,1,8-9,11H2,2-3H3,(H2,27,29)(H,28,30)(H,31,33)/t16-,23?/m1/s1. The third-order valence-corrected chi connectivity index (χ3v) is 7.75. The van der Waals surface area contributed by atoms with E-state index in [4.69, 9.17) is 10.5 Å². The molecule has 0 saturated carbocycles. The lowest BCUT2D eigenvalue weighted by atomic mass is 9.92. The van der Waals surface area contributed by atoms with Gasteiger partial charge in [-0.15, -0.1) is 6.58 Å². The molecule has 198 valence electrons. The van der Waals surface area contributed by atoms with Crippen LogP contribution >= 0.6 is 0 Å². The summed E-state index contributed by atoms with van der Waals surface area (Å²) in [5, 5.41) is 9.38. The van der Waals surface area contributed by atoms with Crippen LogP contribution < -0.4 is 16.6 Å². The Morgan fingerprint density at radius 2 is 2.05 bits per heavy atom. The van der Waals surface area contributed by atoms with Crippen molar-refractivity contribution in [2.75, 3.05) is 37.5 Å². The first-order valence-corrected chi connectivity index (χ1v) is 12.9. The molecule has 1 saturated heterocycles. The summed E-state index contributed by atoms with van der Waals surface area (Å²) in [6.45, 7) is 3.82. The van der Waals surface area contributed by atoms with Gasteiger partial charge in [0, 0.05) is 31.3 Å². The van der Waals surface area contributed by atoms with Gasteiger partial charge in [0.2, 0.25) is 10.0 Å². The van der Waals surface area contributed by atoms with Gasteiger partial charge in [-0.25, -0.2) is 31.7 Å². The van der Waals surface area contributed by atoms with E-state index in [1.807, 2.05) is 0 Å². The Balaban J connectivity index is 1.83. The van der Waals surface area contributed by atoms with Crippen LogP contribution in [0.2, 0.25) is 0 Å². The SMILES string of the molecule is C=C[C@@H](Nc1n[nH]c(=O)c2nc(N)c(C3(OC)CCN(S(C)(=O)=O)C3)cc12)c1cccc(C(F)F)c1F. The number of alkyl halides is 2. The lowest BCUT2D eigenvalue weighted by Crippen LogP contribution is -2.36. The van der Waals surface area contributed by atoms with E-state index in [0.29, 0.717) is 5.56 Å². The number of anilines is 2. The molecule has 2 aromatic heterocycles. The van der Waals surface area contributed by atoms with Gasteiger partial charge < -0.3 is 15.8 Å². The number of fused-ring (bicyclic) bond motifs is 1. The van der Waals surface area contributed by atoms with Crippen LogP contribution in [0.1, 0.15) is 35.6 Å². The van der Waals surface area contributed by atoms with Crippen LogP contribution in [0, 0.1) is 5.82 Å². The van der Waals surface area contributed by atoms with Crippen molar-refractivity contribution in [3.8, 4) is 0 Å². The van der Waals surface area contributed by atoms with Gasteiger partial charge >= 0.3 is 0 Å². The zero-order chi connectivity index (χ0) is 27.1. The van der Waals surface area contributed by atoms with Crippen molar-refractivity contribution in [2.45, 2.75) is 24.5 Å². The molecule has 0 aliphatic carbocycles. The molecule has 0 amide bonds. The number of nitrogens with two attached hydrogens (primary N) is 1. The average molecular weight is 539 g/mol. The van der Waals surface area contributed by atoms with Crippen molar-refractivity contribution in [3.05, 3.63) is 69.8 Å². The Labute approximate surface area is 210 Å². The highest BCUT2D eigenvalue weighted by molar-refractivity contribution is 7.88. The van der Waals surface area contributed by atoms with E-state index in [9.17, 15) is 26.4 Å². The molecular formula is C23H25F3N6O4S. The fourth-order valence-corrected chi connectivity index (χ4v) is 5.36. The molecule has 1 aliphatic heterocycles. The van der Waals surface area contributed by atoms with E-state index in [2.05, 4.69) is 27.1 Å². The number of nitrogens with zero attached hydrogens (tertiary/aromatic N) is 3. The Morgan fingerprint density at radius 1 is 1.35 bits per heavy atom. The first-order chi connectivity index (χ1) is 17.4. The Kier molecular flexibility index (Phi) is 7.01. The molecule has 10 nitrogen and oxygen atoms in total. The number of methoxy groups -OCH3 is 1. The summed E-state index contributed by atoms with van der Waals surface area (Å²) in [6.07, 6.45) is -0.358. The van der Waals surface area contributed by atoms with Gasteiger partial charge in [0.1, 0.15) is 22.8 Å². The summed E-state index contributed by atoms with van der Waals surface area (Å²) >= 11 is 0. The van der Waals surface area contributed by atoms with E-state index >= 15 is 0 Å². The van der Waals surface area contributed by atoms with E-state index in [0.717, 1.165) is 12.3 Å². The summed E-state index contributed by atoms with van der Waals surface area (Å²) in [6, 6.07) is 4.12. The summed E-state index contributed by atoms with van der Waals surface area (Å²) < 4.78 is 72.6. The molecule has 4 rings (SSSR count). The molecule has 3 aromatic rings. The number of rotatable bonds is 8. The molecule has 0 spiro atoms. The van der Waals surface area contributed by atoms with Crippen LogP contribution in [-0.4, -0.2) is 54.4 Å². The number of ether oxygens (including phenoxy) is 1. The smallest absolute Gasteiger partial charge is 0.290 e. The minimum absolute atomic E-state index is 0.0278. The lowest BCUT2D eigenvalue weighted by Gasteiger charge is -2.29. The molecule has 14 heteroatoms. The number of benzene rings is 1. The molecular weight excluding hydrogens is 513 g/mol. The van der Waals surface area contributed by atoms with E-state index < -0.39 is 45.0 Å². The van der Waals surface area contributed by atoms with Crippen LogP contribution in [-0.2, 0) is 20.4 Å². The van der Waals surface area contributed by atoms with Gasteiger partial charge in [-0.2, -0.15) is 9.40 Å². The number of hydrogen-bond acceptors (Lipinski definition) is 8. The zero-order valence-electron chi connectivity index (χ0n) is 20.0. The minimum atomic E-state index is -3.51. The van der Waals surface area contributed by atoms with Crippen molar-refractivity contribution in [1.82, 2.24) is 19.5 Å². The Hall–Kier alpha value is -3.49.